The van der Waals surface area contributed by atoms with Crippen LogP contribution in [0, 0.1) is 47.0 Å². The fourth-order valence-corrected chi connectivity index (χ4v) is 6.95. The van der Waals surface area contributed by atoms with E-state index in [-0.39, 0.29) is 24.7 Å². The molecule has 1 aromatic carbocycles. The van der Waals surface area contributed by atoms with Gasteiger partial charge in [-0.2, -0.15) is 17.6 Å². The van der Waals surface area contributed by atoms with E-state index >= 15 is 0 Å². The SMILES string of the molecule is CCCC1CCC(C(F)(F)OC2CCC(C3CCC(C(F)(F)Oc4cc(F)c(F)c(F)c4)CC3)CC2)CC1. The molecule has 38 heavy (non-hydrogen) atoms. The summed E-state index contributed by atoms with van der Waals surface area (Å²) in [7, 11) is 0. The van der Waals surface area contributed by atoms with Gasteiger partial charge in [-0.3, -0.25) is 0 Å². The molecule has 0 aliphatic heterocycles. The zero-order valence-electron chi connectivity index (χ0n) is 22.0. The molecule has 0 radical (unpaired) electrons. The highest BCUT2D eigenvalue weighted by atomic mass is 19.3. The van der Waals surface area contributed by atoms with Crippen molar-refractivity contribution in [3.63, 3.8) is 0 Å². The van der Waals surface area contributed by atoms with Gasteiger partial charge in [-0.1, -0.05) is 19.8 Å². The lowest BCUT2D eigenvalue weighted by Gasteiger charge is -2.40. The van der Waals surface area contributed by atoms with Crippen molar-refractivity contribution in [3.8, 4) is 5.75 Å². The molecule has 9 heteroatoms. The van der Waals surface area contributed by atoms with Gasteiger partial charge in [-0.15, -0.1) is 0 Å². The van der Waals surface area contributed by atoms with E-state index in [4.69, 9.17) is 4.74 Å². The van der Waals surface area contributed by atoms with Crippen molar-refractivity contribution in [1.29, 1.82) is 0 Å². The predicted molar refractivity (Wildman–Crippen MR) is 129 cm³/mol. The van der Waals surface area contributed by atoms with Crippen LogP contribution in [0.5, 0.6) is 5.75 Å². The predicted octanol–water partition coefficient (Wildman–Crippen LogP) is 9.66. The molecule has 3 aliphatic rings. The van der Waals surface area contributed by atoms with Crippen molar-refractivity contribution in [2.24, 2.45) is 29.6 Å². The Kier molecular flexibility index (Phi) is 9.57. The van der Waals surface area contributed by atoms with Crippen molar-refractivity contribution in [2.45, 2.75) is 115 Å². The number of rotatable bonds is 9. The minimum atomic E-state index is -3.64. The van der Waals surface area contributed by atoms with Gasteiger partial charge in [-0.05, 0) is 94.8 Å². The van der Waals surface area contributed by atoms with Crippen LogP contribution < -0.4 is 4.74 Å². The Morgan fingerprint density at radius 3 is 1.68 bits per heavy atom. The van der Waals surface area contributed by atoms with E-state index in [1.165, 1.54) is 0 Å². The molecule has 0 unspecified atom stereocenters. The number of hydrogen-bond donors (Lipinski definition) is 0. The summed E-state index contributed by atoms with van der Waals surface area (Å²) in [5.74, 6) is -6.44. The minimum absolute atomic E-state index is 0.180. The minimum Gasteiger partial charge on any atom is -0.432 e. The first kappa shape index (κ1) is 29.5. The maximum Gasteiger partial charge on any atom is 0.400 e. The van der Waals surface area contributed by atoms with E-state index in [0.717, 1.165) is 38.5 Å². The summed E-state index contributed by atoms with van der Waals surface area (Å²) in [4.78, 5) is 0. The van der Waals surface area contributed by atoms with E-state index in [2.05, 4.69) is 11.7 Å². The lowest BCUT2D eigenvalue weighted by molar-refractivity contribution is -0.302. The molecule has 0 N–H and O–H groups in total. The standard InChI is InChI=1S/C29H39F7O2/c1-2-3-18-4-10-21(11-5-18)28(33,34)37-23-14-8-20(9-15-23)19-6-12-22(13-7-19)29(35,36)38-24-16-25(30)27(32)26(31)17-24/h16-23H,2-15H2,1H3. The van der Waals surface area contributed by atoms with Crippen molar-refractivity contribution < 1.29 is 40.2 Å². The van der Waals surface area contributed by atoms with Gasteiger partial charge in [0.2, 0.25) is 0 Å². The molecule has 0 saturated heterocycles. The average molecular weight is 553 g/mol. The van der Waals surface area contributed by atoms with Gasteiger partial charge in [-0.25, -0.2) is 13.2 Å². The fourth-order valence-electron chi connectivity index (χ4n) is 6.95. The van der Waals surface area contributed by atoms with Crippen molar-refractivity contribution in [2.75, 3.05) is 0 Å². The number of ether oxygens (including phenoxy) is 2. The molecule has 0 spiro atoms. The van der Waals surface area contributed by atoms with Crippen LogP contribution in [0.25, 0.3) is 0 Å². The van der Waals surface area contributed by atoms with Gasteiger partial charge in [0.25, 0.3) is 0 Å². The number of halogens is 7. The van der Waals surface area contributed by atoms with E-state index < -0.39 is 53.4 Å². The largest absolute Gasteiger partial charge is 0.432 e. The van der Waals surface area contributed by atoms with Crippen LogP contribution in [-0.2, 0) is 4.74 Å². The van der Waals surface area contributed by atoms with Crippen LogP contribution in [0.15, 0.2) is 12.1 Å². The summed E-state index contributed by atoms with van der Waals surface area (Å²) in [6, 6.07) is 0.832. The Balaban J connectivity index is 1.21. The highest BCUT2D eigenvalue weighted by molar-refractivity contribution is 5.25. The maximum atomic E-state index is 14.9. The third kappa shape index (κ3) is 7.16. The van der Waals surface area contributed by atoms with Gasteiger partial charge in [0.1, 0.15) is 5.75 Å². The third-order valence-electron chi connectivity index (χ3n) is 9.19. The molecule has 0 atom stereocenters. The van der Waals surface area contributed by atoms with Crippen LogP contribution in [0.3, 0.4) is 0 Å². The zero-order chi connectivity index (χ0) is 27.5. The van der Waals surface area contributed by atoms with Crippen molar-refractivity contribution in [3.05, 3.63) is 29.6 Å². The molecule has 0 amide bonds. The molecule has 3 fully saturated rings. The summed E-state index contributed by atoms with van der Waals surface area (Å²) in [6.45, 7) is 2.12. The molecule has 0 heterocycles. The fraction of sp³-hybridized carbons (Fsp3) is 0.793. The van der Waals surface area contributed by atoms with Gasteiger partial charge in [0.05, 0.1) is 17.9 Å². The number of benzene rings is 1. The summed E-state index contributed by atoms with van der Waals surface area (Å²) in [5.41, 5.74) is 0. The summed E-state index contributed by atoms with van der Waals surface area (Å²) in [6.07, 6.45) is 1.69. The highest BCUT2D eigenvalue weighted by Crippen LogP contribution is 2.47. The van der Waals surface area contributed by atoms with Crippen LogP contribution >= 0.6 is 0 Å². The molecule has 216 valence electrons. The monoisotopic (exact) mass is 552 g/mol. The van der Waals surface area contributed by atoms with Gasteiger partial charge in [0, 0.05) is 12.1 Å². The summed E-state index contributed by atoms with van der Waals surface area (Å²) < 4.78 is 109. The Bertz CT molecular complexity index is 877. The lowest BCUT2D eigenvalue weighted by atomic mass is 9.70. The summed E-state index contributed by atoms with van der Waals surface area (Å²) in [5, 5.41) is 0. The van der Waals surface area contributed by atoms with Crippen molar-refractivity contribution >= 4 is 0 Å². The smallest absolute Gasteiger partial charge is 0.400 e. The molecular weight excluding hydrogens is 513 g/mol. The van der Waals surface area contributed by atoms with E-state index in [1.807, 2.05) is 0 Å². The quantitative estimate of drug-likeness (QED) is 0.224. The second-order valence-electron chi connectivity index (χ2n) is 11.7. The van der Waals surface area contributed by atoms with E-state index in [9.17, 15) is 30.7 Å². The van der Waals surface area contributed by atoms with Crippen LogP contribution in [0.4, 0.5) is 30.7 Å². The van der Waals surface area contributed by atoms with Gasteiger partial charge >= 0.3 is 12.2 Å². The molecule has 0 bridgehead atoms. The molecule has 3 aliphatic carbocycles. The highest BCUT2D eigenvalue weighted by Gasteiger charge is 2.47. The third-order valence-corrected chi connectivity index (χ3v) is 9.19. The molecular formula is C29H39F7O2. The Morgan fingerprint density at radius 1 is 0.684 bits per heavy atom. The first-order valence-electron chi connectivity index (χ1n) is 14.3. The first-order chi connectivity index (χ1) is 18.0. The molecule has 2 nitrogen and oxygen atoms in total. The topological polar surface area (TPSA) is 18.5 Å². The van der Waals surface area contributed by atoms with Crippen molar-refractivity contribution in [1.82, 2.24) is 0 Å². The Hall–Kier alpha value is -1.51. The Labute approximate surface area is 220 Å². The maximum absolute atomic E-state index is 14.9. The second kappa shape index (κ2) is 12.3. The molecule has 0 aromatic heterocycles. The number of alkyl halides is 4. The van der Waals surface area contributed by atoms with Crippen LogP contribution in [-0.4, -0.2) is 18.3 Å². The van der Waals surface area contributed by atoms with Gasteiger partial charge < -0.3 is 9.47 Å². The Morgan fingerprint density at radius 2 is 1.16 bits per heavy atom. The van der Waals surface area contributed by atoms with Crippen LogP contribution in [0.2, 0.25) is 0 Å². The van der Waals surface area contributed by atoms with Gasteiger partial charge in [0.15, 0.2) is 17.5 Å². The van der Waals surface area contributed by atoms with Crippen LogP contribution in [0.1, 0.15) is 96.8 Å². The first-order valence-corrected chi connectivity index (χ1v) is 14.3. The molecule has 4 rings (SSSR count). The normalized spacial score (nSPS) is 31.3. The second-order valence-corrected chi connectivity index (χ2v) is 11.7. The average Bonchev–Trinajstić information content (AvgIpc) is 2.88. The number of hydrogen-bond acceptors (Lipinski definition) is 2. The molecule has 1 aromatic rings. The zero-order valence-corrected chi connectivity index (χ0v) is 22.0. The van der Waals surface area contributed by atoms with E-state index in [0.29, 0.717) is 56.6 Å². The lowest BCUT2D eigenvalue weighted by Crippen LogP contribution is -2.40. The molecule has 3 saturated carbocycles. The van der Waals surface area contributed by atoms with E-state index in [1.54, 1.807) is 0 Å². The summed E-state index contributed by atoms with van der Waals surface area (Å²) >= 11 is 0.